The van der Waals surface area contributed by atoms with Crippen molar-refractivity contribution in [2.45, 2.75) is 51.2 Å². The predicted octanol–water partition coefficient (Wildman–Crippen LogP) is 1.88. The highest BCUT2D eigenvalue weighted by Gasteiger charge is 2.50. The molecule has 2 aliphatic rings. The van der Waals surface area contributed by atoms with Gasteiger partial charge in [0.1, 0.15) is 5.60 Å². The molecule has 1 spiro atoms. The van der Waals surface area contributed by atoms with E-state index in [0.717, 1.165) is 0 Å². The van der Waals surface area contributed by atoms with Gasteiger partial charge in [-0.3, -0.25) is 4.79 Å². The number of carboxylic acid groups (broad SMARTS) is 1. The second kappa shape index (κ2) is 5.24. The highest BCUT2D eigenvalue weighted by molar-refractivity contribution is 5.72. The average Bonchev–Trinajstić information content (AvgIpc) is 2.71. The number of carbonyl (C=O) groups excluding carboxylic acids is 1. The van der Waals surface area contributed by atoms with Crippen LogP contribution in [0.4, 0.5) is 4.79 Å². The Morgan fingerprint density at radius 2 is 1.90 bits per heavy atom. The summed E-state index contributed by atoms with van der Waals surface area (Å²) >= 11 is 0. The van der Waals surface area contributed by atoms with Crippen molar-refractivity contribution < 1.29 is 24.2 Å². The molecule has 0 aliphatic carbocycles. The first-order chi connectivity index (χ1) is 9.23. The van der Waals surface area contributed by atoms with Crippen LogP contribution in [0.3, 0.4) is 0 Å². The summed E-state index contributed by atoms with van der Waals surface area (Å²) in [6.45, 7) is 6.95. The van der Waals surface area contributed by atoms with Crippen LogP contribution in [0.15, 0.2) is 0 Å². The van der Waals surface area contributed by atoms with Gasteiger partial charge in [0.25, 0.3) is 0 Å². The first-order valence-corrected chi connectivity index (χ1v) is 7.08. The van der Waals surface area contributed by atoms with E-state index < -0.39 is 23.1 Å². The summed E-state index contributed by atoms with van der Waals surface area (Å²) < 4.78 is 11.1. The highest BCUT2D eigenvalue weighted by atomic mass is 16.6. The molecule has 0 bridgehead atoms. The molecule has 2 fully saturated rings. The number of hydrogen-bond donors (Lipinski definition) is 1. The summed E-state index contributed by atoms with van der Waals surface area (Å²) in [5.41, 5.74) is -1.11. The minimum absolute atomic E-state index is 0.336. The summed E-state index contributed by atoms with van der Waals surface area (Å²) in [7, 11) is 0. The molecule has 1 N–H and O–H groups in total. The van der Waals surface area contributed by atoms with Crippen molar-refractivity contribution in [2.24, 2.45) is 5.92 Å². The van der Waals surface area contributed by atoms with Gasteiger partial charge in [-0.2, -0.15) is 0 Å². The van der Waals surface area contributed by atoms with Crippen LogP contribution in [-0.2, 0) is 14.3 Å². The lowest BCUT2D eigenvalue weighted by Crippen LogP contribution is -2.51. The van der Waals surface area contributed by atoms with Gasteiger partial charge in [0.2, 0.25) is 0 Å². The maximum atomic E-state index is 12.0. The fraction of sp³-hybridized carbons (Fsp3) is 0.857. The monoisotopic (exact) mass is 285 g/mol. The molecule has 1 atom stereocenters. The smallest absolute Gasteiger partial charge is 0.410 e. The molecule has 1 unspecified atom stereocenters. The molecule has 2 rings (SSSR count). The van der Waals surface area contributed by atoms with Crippen LogP contribution < -0.4 is 0 Å². The predicted molar refractivity (Wildman–Crippen MR) is 71.5 cm³/mol. The largest absolute Gasteiger partial charge is 0.481 e. The number of likely N-dealkylation sites (tertiary alicyclic amines) is 1. The quantitative estimate of drug-likeness (QED) is 0.796. The summed E-state index contributed by atoms with van der Waals surface area (Å²) in [5, 5.41) is 9.27. The Hall–Kier alpha value is -1.30. The molecular weight excluding hydrogens is 262 g/mol. The number of ether oxygens (including phenoxy) is 2. The number of carboxylic acids is 1. The molecule has 0 aromatic rings. The molecule has 2 heterocycles. The van der Waals surface area contributed by atoms with Crippen LogP contribution in [0.1, 0.15) is 40.0 Å². The van der Waals surface area contributed by atoms with E-state index in [9.17, 15) is 14.7 Å². The van der Waals surface area contributed by atoms with Crippen molar-refractivity contribution in [3.63, 3.8) is 0 Å². The Morgan fingerprint density at radius 1 is 1.30 bits per heavy atom. The van der Waals surface area contributed by atoms with E-state index in [1.165, 1.54) is 0 Å². The lowest BCUT2D eigenvalue weighted by Gasteiger charge is -2.41. The Labute approximate surface area is 119 Å². The normalized spacial score (nSPS) is 25.8. The van der Waals surface area contributed by atoms with E-state index in [1.807, 2.05) is 20.8 Å². The molecule has 6 heteroatoms. The first-order valence-electron chi connectivity index (χ1n) is 7.08. The van der Waals surface area contributed by atoms with Crippen LogP contribution >= 0.6 is 0 Å². The molecule has 1 amide bonds. The van der Waals surface area contributed by atoms with Crippen molar-refractivity contribution in [1.29, 1.82) is 0 Å². The standard InChI is InChI=1S/C14H23NO5/c1-13(2,3)20-12(18)15-7-5-14(6-8-15)10(11(16)17)4-9-19-14/h10H,4-9H2,1-3H3,(H,16,17). The van der Waals surface area contributed by atoms with Crippen molar-refractivity contribution in [2.75, 3.05) is 19.7 Å². The average molecular weight is 285 g/mol. The van der Waals surface area contributed by atoms with Gasteiger partial charge in [0.05, 0.1) is 11.5 Å². The Balaban J connectivity index is 1.95. The number of aliphatic carboxylic acids is 1. The molecule has 0 saturated carbocycles. The second-order valence-corrected chi connectivity index (χ2v) is 6.56. The number of piperidine rings is 1. The molecule has 0 aromatic heterocycles. The maximum absolute atomic E-state index is 12.0. The molecule has 2 saturated heterocycles. The number of rotatable bonds is 1. The van der Waals surface area contributed by atoms with Crippen molar-refractivity contribution in [3.05, 3.63) is 0 Å². The van der Waals surface area contributed by atoms with Gasteiger partial charge in [0, 0.05) is 19.7 Å². The first kappa shape index (κ1) is 15.1. The molecule has 6 nitrogen and oxygen atoms in total. The zero-order chi connectivity index (χ0) is 15.0. The summed E-state index contributed by atoms with van der Waals surface area (Å²) in [5.74, 6) is -1.25. The minimum Gasteiger partial charge on any atom is -0.481 e. The molecular formula is C14H23NO5. The second-order valence-electron chi connectivity index (χ2n) is 6.56. The lowest BCUT2D eigenvalue weighted by atomic mass is 9.80. The van der Waals surface area contributed by atoms with Crippen molar-refractivity contribution in [1.82, 2.24) is 4.90 Å². The molecule has 2 aliphatic heterocycles. The van der Waals surface area contributed by atoms with E-state index in [0.29, 0.717) is 39.0 Å². The van der Waals surface area contributed by atoms with E-state index in [-0.39, 0.29) is 6.09 Å². The molecule has 0 aromatic carbocycles. The Morgan fingerprint density at radius 3 is 2.40 bits per heavy atom. The van der Waals surface area contributed by atoms with Crippen LogP contribution in [-0.4, -0.2) is 53.0 Å². The number of nitrogens with zero attached hydrogens (tertiary/aromatic N) is 1. The van der Waals surface area contributed by atoms with Crippen LogP contribution in [0, 0.1) is 5.92 Å². The zero-order valence-corrected chi connectivity index (χ0v) is 12.3. The van der Waals surface area contributed by atoms with Crippen molar-refractivity contribution in [3.8, 4) is 0 Å². The van der Waals surface area contributed by atoms with E-state index in [4.69, 9.17) is 9.47 Å². The number of hydrogen-bond acceptors (Lipinski definition) is 4. The fourth-order valence-corrected chi connectivity index (χ4v) is 2.98. The van der Waals surface area contributed by atoms with Crippen LogP contribution in [0.2, 0.25) is 0 Å². The van der Waals surface area contributed by atoms with Gasteiger partial charge >= 0.3 is 12.1 Å². The van der Waals surface area contributed by atoms with Gasteiger partial charge in [-0.15, -0.1) is 0 Å². The minimum atomic E-state index is -0.798. The lowest BCUT2D eigenvalue weighted by molar-refractivity contribution is -0.151. The topological polar surface area (TPSA) is 76.1 Å². The van der Waals surface area contributed by atoms with Gasteiger partial charge in [-0.1, -0.05) is 0 Å². The zero-order valence-electron chi connectivity index (χ0n) is 12.3. The van der Waals surface area contributed by atoms with E-state index in [2.05, 4.69) is 0 Å². The Bertz CT molecular complexity index is 393. The summed E-state index contributed by atoms with van der Waals surface area (Å²) in [4.78, 5) is 24.9. The van der Waals surface area contributed by atoms with Gasteiger partial charge < -0.3 is 19.5 Å². The van der Waals surface area contributed by atoms with E-state index in [1.54, 1.807) is 4.90 Å². The SMILES string of the molecule is CC(C)(C)OC(=O)N1CCC2(CC1)OCCC2C(=O)O. The molecule has 0 radical (unpaired) electrons. The van der Waals surface area contributed by atoms with E-state index >= 15 is 0 Å². The maximum Gasteiger partial charge on any atom is 0.410 e. The number of carbonyl (C=O) groups is 2. The van der Waals surface area contributed by atoms with Gasteiger partial charge in [0.15, 0.2) is 0 Å². The van der Waals surface area contributed by atoms with Crippen LogP contribution in [0.25, 0.3) is 0 Å². The molecule has 114 valence electrons. The number of amides is 1. The summed E-state index contributed by atoms with van der Waals surface area (Å²) in [6.07, 6.45) is 1.34. The summed E-state index contributed by atoms with van der Waals surface area (Å²) in [6, 6.07) is 0. The van der Waals surface area contributed by atoms with Crippen molar-refractivity contribution >= 4 is 12.1 Å². The third-order valence-corrected chi connectivity index (χ3v) is 3.99. The van der Waals surface area contributed by atoms with Crippen LogP contribution in [0.5, 0.6) is 0 Å². The molecule has 20 heavy (non-hydrogen) atoms. The fourth-order valence-electron chi connectivity index (χ4n) is 2.98. The third kappa shape index (κ3) is 3.06. The highest BCUT2D eigenvalue weighted by Crippen LogP contribution is 2.40. The van der Waals surface area contributed by atoms with Gasteiger partial charge in [-0.05, 0) is 40.0 Å². The van der Waals surface area contributed by atoms with Gasteiger partial charge in [-0.25, -0.2) is 4.79 Å². The third-order valence-electron chi connectivity index (χ3n) is 3.99. The Kier molecular flexibility index (Phi) is 3.95.